The van der Waals surface area contributed by atoms with Crippen LogP contribution in [-0.2, 0) is 22.4 Å². The molecule has 10 nitrogen and oxygen atoms in total. The molecular formula is C24H30N4O6. The number of alkyl carbamates (subject to hydrolysis) is 1. The zero-order valence-electron chi connectivity index (χ0n) is 19.5. The number of fused-ring (bicyclic) bond motifs is 1. The van der Waals surface area contributed by atoms with Crippen LogP contribution in [0.3, 0.4) is 0 Å². The van der Waals surface area contributed by atoms with Crippen LogP contribution in [0.4, 0.5) is 10.6 Å². The number of hydrogen-bond acceptors (Lipinski definition) is 7. The Morgan fingerprint density at radius 3 is 2.71 bits per heavy atom. The zero-order chi connectivity index (χ0) is 24.4. The highest BCUT2D eigenvalue weighted by Crippen LogP contribution is 2.40. The number of hydrogen-bond donors (Lipinski definition) is 4. The first kappa shape index (κ1) is 23.6. The second-order valence-electron chi connectivity index (χ2n) is 9.23. The fraction of sp³-hybridized carbons (Fsp3) is 0.500. The SMILES string of the molecule is COc1cc(O)c(C=O)c2c1C[C@@H](C(=O)Nc1cc(C3CCC(OC(=O)NC(C)C)C3)[nH]n1)C2. The molecule has 3 atom stereocenters. The van der Waals surface area contributed by atoms with Gasteiger partial charge in [-0.05, 0) is 57.1 Å². The van der Waals surface area contributed by atoms with Gasteiger partial charge in [0.15, 0.2) is 12.1 Å². The summed E-state index contributed by atoms with van der Waals surface area (Å²) in [6, 6.07) is 3.24. The average Bonchev–Trinajstić information content (AvgIpc) is 3.52. The van der Waals surface area contributed by atoms with Crippen molar-refractivity contribution in [1.82, 2.24) is 15.5 Å². The fourth-order valence-corrected chi connectivity index (χ4v) is 4.86. The lowest BCUT2D eigenvalue weighted by molar-refractivity contribution is -0.119. The number of anilines is 1. The van der Waals surface area contributed by atoms with E-state index >= 15 is 0 Å². The molecule has 1 heterocycles. The number of phenolic OH excluding ortho intramolecular Hbond substituents is 1. The summed E-state index contributed by atoms with van der Waals surface area (Å²) < 4.78 is 10.8. The molecule has 0 radical (unpaired) electrons. The number of aldehydes is 1. The highest BCUT2D eigenvalue weighted by atomic mass is 16.6. The molecule has 2 aromatic rings. The molecule has 34 heavy (non-hydrogen) atoms. The third-order valence-corrected chi connectivity index (χ3v) is 6.49. The van der Waals surface area contributed by atoms with Crippen molar-refractivity contribution >= 4 is 24.1 Å². The zero-order valence-corrected chi connectivity index (χ0v) is 19.5. The number of aromatic hydroxyl groups is 1. The van der Waals surface area contributed by atoms with E-state index in [0.717, 1.165) is 24.1 Å². The Kier molecular flexibility index (Phi) is 6.76. The van der Waals surface area contributed by atoms with Crippen LogP contribution in [-0.4, -0.2) is 52.8 Å². The molecule has 1 saturated carbocycles. The molecule has 2 aliphatic rings. The standard InChI is InChI=1S/C24H30N4O6/c1-12(2)25-24(32)34-15-5-4-13(6-15)19-9-22(28-27-19)26-23(31)14-7-16-17(8-14)21(33-3)10-20(30)18(16)11-29/h9-15,30H,4-8H2,1-3H3,(H,25,32)(H2,26,27,28,31)/t13?,14-,15?/m0/s1. The first-order valence-corrected chi connectivity index (χ1v) is 11.5. The first-order valence-electron chi connectivity index (χ1n) is 11.5. The second-order valence-corrected chi connectivity index (χ2v) is 9.23. The number of carbonyl (C=O) groups excluding carboxylic acids is 3. The van der Waals surface area contributed by atoms with Gasteiger partial charge in [-0.25, -0.2) is 4.79 Å². The Labute approximate surface area is 197 Å². The van der Waals surface area contributed by atoms with Crippen molar-refractivity contribution in [2.75, 3.05) is 12.4 Å². The van der Waals surface area contributed by atoms with Crippen LogP contribution >= 0.6 is 0 Å². The van der Waals surface area contributed by atoms with Gasteiger partial charge in [0, 0.05) is 35.7 Å². The van der Waals surface area contributed by atoms with Gasteiger partial charge in [-0.2, -0.15) is 5.10 Å². The van der Waals surface area contributed by atoms with Crippen LogP contribution in [0.1, 0.15) is 66.2 Å². The van der Waals surface area contributed by atoms with E-state index in [0.29, 0.717) is 42.7 Å². The molecule has 0 spiro atoms. The number of rotatable bonds is 7. The number of benzene rings is 1. The number of amides is 2. The second kappa shape index (κ2) is 9.74. The molecule has 4 N–H and O–H groups in total. The Morgan fingerprint density at radius 1 is 1.24 bits per heavy atom. The summed E-state index contributed by atoms with van der Waals surface area (Å²) in [5.41, 5.74) is 2.50. The van der Waals surface area contributed by atoms with E-state index in [1.807, 2.05) is 19.9 Å². The molecule has 1 aromatic heterocycles. The van der Waals surface area contributed by atoms with Crippen LogP contribution in [0.15, 0.2) is 12.1 Å². The topological polar surface area (TPSA) is 143 Å². The van der Waals surface area contributed by atoms with Crippen LogP contribution in [0.5, 0.6) is 11.5 Å². The minimum atomic E-state index is -0.409. The normalized spacial score (nSPS) is 21.2. The number of H-pyrrole nitrogens is 1. The van der Waals surface area contributed by atoms with E-state index in [-0.39, 0.29) is 35.3 Å². The number of ether oxygens (including phenoxy) is 2. The highest BCUT2D eigenvalue weighted by Gasteiger charge is 2.34. The number of nitrogens with zero attached hydrogens (tertiary/aromatic N) is 1. The largest absolute Gasteiger partial charge is 0.507 e. The molecule has 4 rings (SSSR count). The molecule has 0 bridgehead atoms. The number of methoxy groups -OCH3 is 1. The third kappa shape index (κ3) is 4.85. The van der Waals surface area contributed by atoms with Gasteiger partial charge in [0.05, 0.1) is 12.7 Å². The number of phenols is 1. The quantitative estimate of drug-likeness (QED) is 0.456. The number of aromatic amines is 1. The van der Waals surface area contributed by atoms with E-state index in [1.165, 1.54) is 13.2 Å². The number of aromatic nitrogens is 2. The van der Waals surface area contributed by atoms with Gasteiger partial charge >= 0.3 is 6.09 Å². The Hall–Kier alpha value is -3.56. The molecule has 182 valence electrons. The Balaban J connectivity index is 1.36. The minimum Gasteiger partial charge on any atom is -0.507 e. The minimum absolute atomic E-state index is 0.0212. The molecular weight excluding hydrogens is 440 g/mol. The smallest absolute Gasteiger partial charge is 0.407 e. The monoisotopic (exact) mass is 470 g/mol. The van der Waals surface area contributed by atoms with Crippen LogP contribution in [0, 0.1) is 5.92 Å². The molecule has 0 saturated heterocycles. The summed E-state index contributed by atoms with van der Waals surface area (Å²) >= 11 is 0. The summed E-state index contributed by atoms with van der Waals surface area (Å²) in [5.74, 6) is 0.273. The van der Waals surface area contributed by atoms with E-state index in [4.69, 9.17) is 9.47 Å². The van der Waals surface area contributed by atoms with Crippen molar-refractivity contribution in [1.29, 1.82) is 0 Å². The van der Waals surface area contributed by atoms with Gasteiger partial charge < -0.3 is 25.2 Å². The molecule has 2 amide bonds. The van der Waals surface area contributed by atoms with Crippen LogP contribution in [0.25, 0.3) is 0 Å². The number of carbonyl (C=O) groups is 3. The molecule has 1 fully saturated rings. The van der Waals surface area contributed by atoms with Crippen LogP contribution < -0.4 is 15.4 Å². The van der Waals surface area contributed by atoms with Gasteiger partial charge in [0.25, 0.3) is 0 Å². The van der Waals surface area contributed by atoms with Crippen molar-refractivity contribution in [3.05, 3.63) is 34.5 Å². The maximum absolute atomic E-state index is 12.9. The summed E-state index contributed by atoms with van der Waals surface area (Å²) in [5, 5.41) is 22.9. The van der Waals surface area contributed by atoms with Crippen molar-refractivity contribution in [2.24, 2.45) is 5.92 Å². The predicted octanol–water partition coefficient (Wildman–Crippen LogP) is 3.06. The maximum atomic E-state index is 12.9. The maximum Gasteiger partial charge on any atom is 0.407 e. The summed E-state index contributed by atoms with van der Waals surface area (Å²) in [6.45, 7) is 3.76. The average molecular weight is 471 g/mol. The predicted molar refractivity (Wildman–Crippen MR) is 123 cm³/mol. The number of nitrogens with one attached hydrogen (secondary N) is 3. The summed E-state index contributed by atoms with van der Waals surface area (Å²) in [4.78, 5) is 36.2. The summed E-state index contributed by atoms with van der Waals surface area (Å²) in [6.07, 6.45) is 3.10. The molecule has 0 aliphatic heterocycles. The van der Waals surface area contributed by atoms with Crippen molar-refractivity contribution in [2.45, 2.75) is 64.0 Å². The van der Waals surface area contributed by atoms with Gasteiger partial charge in [0.2, 0.25) is 5.91 Å². The molecule has 2 unspecified atom stereocenters. The van der Waals surface area contributed by atoms with Crippen molar-refractivity contribution in [3.63, 3.8) is 0 Å². The molecule has 1 aromatic carbocycles. The third-order valence-electron chi connectivity index (χ3n) is 6.49. The van der Waals surface area contributed by atoms with E-state index in [9.17, 15) is 19.5 Å². The van der Waals surface area contributed by atoms with E-state index in [2.05, 4.69) is 20.8 Å². The molecule has 2 aliphatic carbocycles. The highest BCUT2D eigenvalue weighted by molar-refractivity contribution is 5.94. The lowest BCUT2D eigenvalue weighted by atomic mass is 10.0. The van der Waals surface area contributed by atoms with Crippen LogP contribution in [0.2, 0.25) is 0 Å². The fourth-order valence-electron chi connectivity index (χ4n) is 4.86. The van der Waals surface area contributed by atoms with Crippen molar-refractivity contribution < 1.29 is 29.0 Å². The Bertz CT molecular complexity index is 1100. The van der Waals surface area contributed by atoms with E-state index in [1.54, 1.807) is 0 Å². The van der Waals surface area contributed by atoms with Gasteiger partial charge in [-0.3, -0.25) is 14.7 Å². The van der Waals surface area contributed by atoms with Crippen molar-refractivity contribution in [3.8, 4) is 11.5 Å². The van der Waals surface area contributed by atoms with Gasteiger partial charge in [-0.15, -0.1) is 0 Å². The van der Waals surface area contributed by atoms with Gasteiger partial charge in [-0.1, -0.05) is 0 Å². The molecule has 10 heteroatoms. The van der Waals surface area contributed by atoms with Gasteiger partial charge in [0.1, 0.15) is 17.6 Å². The summed E-state index contributed by atoms with van der Waals surface area (Å²) in [7, 11) is 1.49. The van der Waals surface area contributed by atoms with E-state index < -0.39 is 12.0 Å². The lowest BCUT2D eigenvalue weighted by Crippen LogP contribution is -2.33. The first-order chi connectivity index (χ1) is 16.3. The Morgan fingerprint density at radius 2 is 2.00 bits per heavy atom. The lowest BCUT2D eigenvalue weighted by Gasteiger charge is -2.14.